The third-order valence-electron chi connectivity index (χ3n) is 5.91. The zero-order valence-corrected chi connectivity index (χ0v) is 14.9. The van der Waals surface area contributed by atoms with E-state index < -0.39 is 0 Å². The molecule has 2 aromatic heterocycles. The molecule has 1 aromatic carbocycles. The minimum Gasteiger partial charge on any atom is -0.361 e. The Bertz CT molecular complexity index is 911. The molecule has 3 aromatic rings. The fraction of sp³-hybridized carbons (Fsp3) is 0.474. The molecule has 3 aliphatic rings. The lowest BCUT2D eigenvalue weighted by molar-refractivity contribution is -0.00950. The number of nitrogens with zero attached hydrogens (tertiary/aromatic N) is 5. The average molecular weight is 337 g/mol. The van der Waals surface area contributed by atoms with E-state index in [0.29, 0.717) is 12.1 Å². The maximum atomic E-state index is 5.33. The maximum Gasteiger partial charge on any atom is 0.206 e. The van der Waals surface area contributed by atoms with E-state index in [1.807, 2.05) is 13.8 Å². The number of anilines is 1. The predicted molar refractivity (Wildman–Crippen MR) is 96.6 cm³/mol. The van der Waals surface area contributed by atoms with Crippen molar-refractivity contribution in [2.75, 3.05) is 18.0 Å². The van der Waals surface area contributed by atoms with E-state index in [0.717, 1.165) is 42.6 Å². The van der Waals surface area contributed by atoms with Gasteiger partial charge in [0.05, 0.1) is 16.7 Å². The van der Waals surface area contributed by atoms with Crippen molar-refractivity contribution in [3.63, 3.8) is 0 Å². The molecule has 0 saturated carbocycles. The normalized spacial score (nSPS) is 23.2. The van der Waals surface area contributed by atoms with Gasteiger partial charge in [0, 0.05) is 44.3 Å². The summed E-state index contributed by atoms with van der Waals surface area (Å²) in [7, 11) is 2.12. The van der Waals surface area contributed by atoms with Gasteiger partial charge in [0.2, 0.25) is 5.95 Å². The van der Waals surface area contributed by atoms with Crippen LogP contribution in [0.4, 0.5) is 5.95 Å². The van der Waals surface area contributed by atoms with Crippen molar-refractivity contribution in [3.8, 4) is 0 Å². The highest BCUT2D eigenvalue weighted by Crippen LogP contribution is 2.36. The van der Waals surface area contributed by atoms with Gasteiger partial charge in [-0.25, -0.2) is 4.98 Å². The first-order valence-corrected chi connectivity index (χ1v) is 8.95. The molecule has 6 nitrogen and oxygen atoms in total. The molecule has 2 bridgehead atoms. The van der Waals surface area contributed by atoms with Crippen LogP contribution in [-0.2, 0) is 13.6 Å². The van der Waals surface area contributed by atoms with Crippen LogP contribution in [0.25, 0.3) is 11.0 Å². The number of benzene rings is 1. The lowest BCUT2D eigenvalue weighted by Gasteiger charge is -2.56. The molecule has 0 spiro atoms. The second-order valence-corrected chi connectivity index (χ2v) is 7.38. The summed E-state index contributed by atoms with van der Waals surface area (Å²) in [5.41, 5.74) is 4.55. The van der Waals surface area contributed by atoms with Crippen LogP contribution in [0.1, 0.15) is 23.4 Å². The highest BCUT2D eigenvalue weighted by molar-refractivity contribution is 5.78. The number of hydrogen-bond acceptors (Lipinski definition) is 5. The molecule has 0 aliphatic carbocycles. The van der Waals surface area contributed by atoms with Gasteiger partial charge in [-0.2, -0.15) is 0 Å². The Morgan fingerprint density at radius 2 is 1.92 bits per heavy atom. The number of fused-ring (bicyclic) bond motifs is 3. The lowest BCUT2D eigenvalue weighted by Crippen LogP contribution is -2.68. The topological polar surface area (TPSA) is 50.3 Å². The summed E-state index contributed by atoms with van der Waals surface area (Å²) >= 11 is 0. The molecule has 0 N–H and O–H groups in total. The van der Waals surface area contributed by atoms with Crippen LogP contribution in [0.2, 0.25) is 0 Å². The molecule has 0 radical (unpaired) electrons. The van der Waals surface area contributed by atoms with Gasteiger partial charge in [0.1, 0.15) is 5.76 Å². The lowest BCUT2D eigenvalue weighted by atomic mass is 9.87. The van der Waals surface area contributed by atoms with E-state index in [4.69, 9.17) is 9.51 Å². The van der Waals surface area contributed by atoms with E-state index >= 15 is 0 Å². The van der Waals surface area contributed by atoms with Crippen molar-refractivity contribution in [1.82, 2.24) is 19.6 Å². The van der Waals surface area contributed by atoms with Crippen LogP contribution in [0.3, 0.4) is 0 Å². The number of piperazine rings is 1. The summed E-state index contributed by atoms with van der Waals surface area (Å²) in [6, 6.07) is 9.54. The molecule has 2 unspecified atom stereocenters. The Kier molecular flexibility index (Phi) is 3.19. The first-order chi connectivity index (χ1) is 12.1. The number of para-hydroxylation sites is 2. The van der Waals surface area contributed by atoms with E-state index in [9.17, 15) is 0 Å². The van der Waals surface area contributed by atoms with Crippen molar-refractivity contribution in [3.05, 3.63) is 41.3 Å². The van der Waals surface area contributed by atoms with E-state index in [1.165, 1.54) is 17.5 Å². The van der Waals surface area contributed by atoms with Crippen LogP contribution in [-0.4, -0.2) is 44.8 Å². The number of hydrogen-bond donors (Lipinski definition) is 0. The highest BCUT2D eigenvalue weighted by atomic mass is 16.5. The van der Waals surface area contributed by atoms with Crippen LogP contribution >= 0.6 is 0 Å². The zero-order chi connectivity index (χ0) is 17.1. The summed E-state index contributed by atoms with van der Waals surface area (Å²) < 4.78 is 7.55. The smallest absolute Gasteiger partial charge is 0.206 e. The minimum absolute atomic E-state index is 0.590. The molecule has 3 saturated heterocycles. The molecule has 0 amide bonds. The molecule has 3 fully saturated rings. The molecular weight excluding hydrogens is 314 g/mol. The number of imidazole rings is 1. The summed E-state index contributed by atoms with van der Waals surface area (Å²) in [5.74, 6) is 2.04. The quantitative estimate of drug-likeness (QED) is 0.735. The van der Waals surface area contributed by atoms with Gasteiger partial charge >= 0.3 is 0 Å². The Hall–Kier alpha value is -2.34. The fourth-order valence-electron chi connectivity index (χ4n) is 4.43. The molecular formula is C19H23N5O. The Morgan fingerprint density at radius 3 is 2.60 bits per heavy atom. The summed E-state index contributed by atoms with van der Waals surface area (Å²) in [4.78, 5) is 9.92. The summed E-state index contributed by atoms with van der Waals surface area (Å²) in [6.07, 6.45) is 1.28. The molecule has 6 rings (SSSR count). The van der Waals surface area contributed by atoms with Crippen molar-refractivity contribution in [1.29, 1.82) is 0 Å². The first-order valence-electron chi connectivity index (χ1n) is 8.95. The Morgan fingerprint density at radius 1 is 1.16 bits per heavy atom. The van der Waals surface area contributed by atoms with Crippen LogP contribution < -0.4 is 4.90 Å². The number of aromatic nitrogens is 3. The Labute approximate surface area is 147 Å². The number of rotatable bonds is 3. The minimum atomic E-state index is 0.590. The fourth-order valence-corrected chi connectivity index (χ4v) is 4.43. The first kappa shape index (κ1) is 15.0. The van der Waals surface area contributed by atoms with Gasteiger partial charge in [-0.3, -0.25) is 4.90 Å². The van der Waals surface area contributed by atoms with Gasteiger partial charge in [-0.05, 0) is 32.4 Å². The van der Waals surface area contributed by atoms with E-state index in [2.05, 4.69) is 50.8 Å². The molecule has 3 aliphatic heterocycles. The number of aryl methyl sites for hydroxylation is 3. The Balaban J connectivity index is 1.36. The summed E-state index contributed by atoms with van der Waals surface area (Å²) in [6.45, 7) is 7.07. The van der Waals surface area contributed by atoms with Crippen molar-refractivity contribution >= 4 is 17.0 Å². The second-order valence-electron chi connectivity index (χ2n) is 7.38. The van der Waals surface area contributed by atoms with Gasteiger partial charge in [0.15, 0.2) is 0 Å². The van der Waals surface area contributed by atoms with Gasteiger partial charge in [-0.1, -0.05) is 17.3 Å². The van der Waals surface area contributed by atoms with E-state index in [-0.39, 0.29) is 0 Å². The second kappa shape index (κ2) is 5.33. The predicted octanol–water partition coefficient (Wildman–Crippen LogP) is 2.64. The standard InChI is InChI=1S/C19H23N5O/c1-12-16(13(2)25-21-12)11-24-14-8-15(24)10-23(9-14)19-20-17-6-4-5-7-18(17)22(19)3/h4-7,14-15H,8-11H2,1-3H3. The molecule has 25 heavy (non-hydrogen) atoms. The number of piperidine rings is 1. The largest absolute Gasteiger partial charge is 0.361 e. The highest BCUT2D eigenvalue weighted by Gasteiger charge is 2.45. The third-order valence-corrected chi connectivity index (χ3v) is 5.91. The molecule has 5 heterocycles. The molecule has 6 heteroatoms. The van der Waals surface area contributed by atoms with Crippen LogP contribution in [0.15, 0.2) is 28.8 Å². The molecule has 2 atom stereocenters. The average Bonchev–Trinajstić information content (AvgIpc) is 3.13. The van der Waals surface area contributed by atoms with Gasteiger partial charge in [0.25, 0.3) is 0 Å². The van der Waals surface area contributed by atoms with E-state index in [1.54, 1.807) is 0 Å². The van der Waals surface area contributed by atoms with Gasteiger partial charge < -0.3 is 14.0 Å². The van der Waals surface area contributed by atoms with Gasteiger partial charge in [-0.15, -0.1) is 0 Å². The monoisotopic (exact) mass is 337 g/mol. The van der Waals surface area contributed by atoms with Crippen molar-refractivity contribution in [2.45, 2.75) is 38.9 Å². The van der Waals surface area contributed by atoms with Crippen molar-refractivity contribution in [2.24, 2.45) is 7.05 Å². The zero-order valence-electron chi connectivity index (χ0n) is 14.9. The van der Waals surface area contributed by atoms with Crippen LogP contribution in [0.5, 0.6) is 0 Å². The molecule has 130 valence electrons. The van der Waals surface area contributed by atoms with Crippen LogP contribution in [0, 0.1) is 13.8 Å². The van der Waals surface area contributed by atoms with Crippen molar-refractivity contribution < 1.29 is 4.52 Å². The summed E-state index contributed by atoms with van der Waals surface area (Å²) in [5, 5.41) is 4.09. The SMILES string of the molecule is Cc1noc(C)c1CN1C2CC1CN(c1nc3ccccc3n1C)C2. The maximum absolute atomic E-state index is 5.33. The third kappa shape index (κ3) is 2.20.